The van der Waals surface area contributed by atoms with E-state index in [0.29, 0.717) is 24.8 Å². The van der Waals surface area contributed by atoms with E-state index in [-0.39, 0.29) is 5.75 Å². The van der Waals surface area contributed by atoms with Crippen LogP contribution in [0.25, 0.3) is 0 Å². The summed E-state index contributed by atoms with van der Waals surface area (Å²) < 4.78 is 5.69. The molecule has 0 atom stereocenters. The standard InChI is InChI=1S/C17H21N3O2/c1-11-7-17(20-12(2)19-11)18-9-14-5-6-15(21)16(8-14)22-10-13-3-4-13/h5-8,13,21H,3-4,9-10H2,1-2H3,(H,18,19,20). The SMILES string of the molecule is Cc1cc(NCc2ccc(O)c(OCC3CC3)c2)nc(C)n1. The maximum atomic E-state index is 9.86. The van der Waals surface area contributed by atoms with Gasteiger partial charge in [-0.1, -0.05) is 6.07 Å². The molecule has 2 N–H and O–H groups in total. The zero-order valence-corrected chi connectivity index (χ0v) is 13.0. The number of aromatic nitrogens is 2. The molecule has 0 radical (unpaired) electrons. The summed E-state index contributed by atoms with van der Waals surface area (Å²) in [6.07, 6.45) is 2.46. The third-order valence-electron chi connectivity index (χ3n) is 3.64. The van der Waals surface area contributed by atoms with Crippen LogP contribution in [0.2, 0.25) is 0 Å². The molecule has 1 heterocycles. The number of nitrogens with one attached hydrogen (secondary N) is 1. The Balaban J connectivity index is 1.64. The molecule has 0 aliphatic heterocycles. The highest BCUT2D eigenvalue weighted by atomic mass is 16.5. The average molecular weight is 299 g/mol. The van der Waals surface area contributed by atoms with Gasteiger partial charge in [-0.3, -0.25) is 0 Å². The molecule has 22 heavy (non-hydrogen) atoms. The van der Waals surface area contributed by atoms with Crippen molar-refractivity contribution in [1.82, 2.24) is 9.97 Å². The fourth-order valence-electron chi connectivity index (χ4n) is 2.28. The van der Waals surface area contributed by atoms with Crippen molar-refractivity contribution in [2.75, 3.05) is 11.9 Å². The summed E-state index contributed by atoms with van der Waals surface area (Å²) in [5, 5.41) is 13.1. The van der Waals surface area contributed by atoms with E-state index >= 15 is 0 Å². The van der Waals surface area contributed by atoms with Crippen molar-refractivity contribution in [2.45, 2.75) is 33.2 Å². The molecule has 1 aliphatic rings. The van der Waals surface area contributed by atoms with E-state index in [1.807, 2.05) is 32.0 Å². The van der Waals surface area contributed by atoms with Crippen LogP contribution >= 0.6 is 0 Å². The number of ether oxygens (including phenoxy) is 1. The summed E-state index contributed by atoms with van der Waals surface area (Å²) in [4.78, 5) is 8.61. The Morgan fingerprint density at radius 2 is 2.05 bits per heavy atom. The molecule has 2 aromatic rings. The second-order valence-electron chi connectivity index (χ2n) is 5.85. The second kappa shape index (κ2) is 6.22. The number of aryl methyl sites for hydroxylation is 2. The van der Waals surface area contributed by atoms with Gasteiger partial charge in [0.1, 0.15) is 11.6 Å². The molecule has 0 saturated heterocycles. The lowest BCUT2D eigenvalue weighted by molar-refractivity contribution is 0.284. The Labute approximate surface area is 130 Å². The molecule has 1 saturated carbocycles. The van der Waals surface area contributed by atoms with Crippen molar-refractivity contribution in [3.8, 4) is 11.5 Å². The molecule has 5 nitrogen and oxygen atoms in total. The highest BCUT2D eigenvalue weighted by Gasteiger charge is 2.22. The third kappa shape index (κ3) is 3.87. The van der Waals surface area contributed by atoms with Crippen LogP contribution in [0.5, 0.6) is 11.5 Å². The van der Waals surface area contributed by atoms with E-state index < -0.39 is 0 Å². The topological polar surface area (TPSA) is 67.3 Å². The van der Waals surface area contributed by atoms with Gasteiger partial charge in [-0.2, -0.15) is 0 Å². The van der Waals surface area contributed by atoms with Crippen molar-refractivity contribution < 1.29 is 9.84 Å². The zero-order chi connectivity index (χ0) is 15.5. The van der Waals surface area contributed by atoms with Gasteiger partial charge in [0, 0.05) is 18.3 Å². The Bertz CT molecular complexity index is 649. The molecular formula is C17H21N3O2. The van der Waals surface area contributed by atoms with E-state index in [1.165, 1.54) is 12.8 Å². The van der Waals surface area contributed by atoms with Gasteiger partial charge in [0.2, 0.25) is 0 Å². The second-order valence-corrected chi connectivity index (χ2v) is 5.85. The van der Waals surface area contributed by atoms with Crippen LogP contribution in [0.15, 0.2) is 24.3 Å². The Hall–Kier alpha value is -2.30. The minimum Gasteiger partial charge on any atom is -0.504 e. The van der Waals surface area contributed by atoms with Gasteiger partial charge in [0.05, 0.1) is 6.61 Å². The van der Waals surface area contributed by atoms with E-state index in [2.05, 4.69) is 15.3 Å². The molecule has 3 rings (SSSR count). The Kier molecular flexibility index (Phi) is 4.13. The first-order valence-corrected chi connectivity index (χ1v) is 7.61. The molecule has 1 aromatic carbocycles. The number of aromatic hydroxyl groups is 1. The van der Waals surface area contributed by atoms with Crippen molar-refractivity contribution in [2.24, 2.45) is 5.92 Å². The van der Waals surface area contributed by atoms with Gasteiger partial charge in [0.25, 0.3) is 0 Å². The summed E-state index contributed by atoms with van der Waals surface area (Å²) in [5.74, 6) is 2.97. The molecule has 5 heteroatoms. The number of hydrogen-bond acceptors (Lipinski definition) is 5. The van der Waals surface area contributed by atoms with Crippen molar-refractivity contribution >= 4 is 5.82 Å². The van der Waals surface area contributed by atoms with Gasteiger partial charge in [-0.15, -0.1) is 0 Å². The van der Waals surface area contributed by atoms with Crippen molar-refractivity contribution in [3.63, 3.8) is 0 Å². The summed E-state index contributed by atoms with van der Waals surface area (Å²) in [7, 11) is 0. The monoisotopic (exact) mass is 299 g/mol. The van der Waals surface area contributed by atoms with Gasteiger partial charge in [-0.05, 0) is 50.3 Å². The lowest BCUT2D eigenvalue weighted by atomic mass is 10.2. The average Bonchev–Trinajstić information content (AvgIpc) is 3.28. The smallest absolute Gasteiger partial charge is 0.161 e. The van der Waals surface area contributed by atoms with Gasteiger partial charge in [0.15, 0.2) is 11.5 Å². The number of phenolic OH excluding ortho intramolecular Hbond substituents is 1. The van der Waals surface area contributed by atoms with Crippen LogP contribution in [0, 0.1) is 19.8 Å². The highest BCUT2D eigenvalue weighted by Crippen LogP contribution is 2.32. The van der Waals surface area contributed by atoms with E-state index in [0.717, 1.165) is 22.9 Å². The molecule has 0 spiro atoms. The minimum atomic E-state index is 0.193. The highest BCUT2D eigenvalue weighted by molar-refractivity contribution is 5.44. The number of benzene rings is 1. The number of rotatable bonds is 6. The van der Waals surface area contributed by atoms with Gasteiger partial charge in [-0.25, -0.2) is 9.97 Å². The van der Waals surface area contributed by atoms with Crippen LogP contribution in [0.3, 0.4) is 0 Å². The molecule has 0 amide bonds. The number of phenols is 1. The first-order valence-electron chi connectivity index (χ1n) is 7.61. The predicted octanol–water partition coefficient (Wildman–Crippen LogP) is 3.20. The maximum Gasteiger partial charge on any atom is 0.161 e. The number of hydrogen-bond donors (Lipinski definition) is 2. The van der Waals surface area contributed by atoms with E-state index in [9.17, 15) is 5.11 Å². The first-order chi connectivity index (χ1) is 10.6. The van der Waals surface area contributed by atoms with E-state index in [4.69, 9.17) is 4.74 Å². The lowest BCUT2D eigenvalue weighted by Crippen LogP contribution is -2.05. The van der Waals surface area contributed by atoms with Crippen LogP contribution in [-0.2, 0) is 6.54 Å². The number of anilines is 1. The Morgan fingerprint density at radius 1 is 1.23 bits per heavy atom. The van der Waals surface area contributed by atoms with Crippen molar-refractivity contribution in [1.29, 1.82) is 0 Å². The molecular weight excluding hydrogens is 278 g/mol. The molecule has 1 aromatic heterocycles. The van der Waals surface area contributed by atoms with Crippen LogP contribution < -0.4 is 10.1 Å². The summed E-state index contributed by atoms with van der Waals surface area (Å²) in [6, 6.07) is 7.35. The summed E-state index contributed by atoms with van der Waals surface area (Å²) >= 11 is 0. The van der Waals surface area contributed by atoms with Crippen LogP contribution in [0.4, 0.5) is 5.82 Å². The van der Waals surface area contributed by atoms with Gasteiger partial charge >= 0.3 is 0 Å². The number of nitrogens with zero attached hydrogens (tertiary/aromatic N) is 2. The molecule has 1 aliphatic carbocycles. The zero-order valence-electron chi connectivity index (χ0n) is 13.0. The lowest BCUT2D eigenvalue weighted by Gasteiger charge is -2.11. The maximum absolute atomic E-state index is 9.86. The fraction of sp³-hybridized carbons (Fsp3) is 0.412. The predicted molar refractivity (Wildman–Crippen MR) is 85.2 cm³/mol. The quantitative estimate of drug-likeness (QED) is 0.857. The molecule has 0 unspecified atom stereocenters. The van der Waals surface area contributed by atoms with Gasteiger partial charge < -0.3 is 15.2 Å². The normalized spacial score (nSPS) is 13.9. The van der Waals surface area contributed by atoms with Crippen LogP contribution in [-0.4, -0.2) is 21.7 Å². The molecule has 1 fully saturated rings. The summed E-state index contributed by atoms with van der Waals surface area (Å²) in [6.45, 7) is 5.14. The van der Waals surface area contributed by atoms with Crippen molar-refractivity contribution in [3.05, 3.63) is 41.3 Å². The Morgan fingerprint density at radius 3 is 2.77 bits per heavy atom. The molecule has 116 valence electrons. The first kappa shape index (κ1) is 14.6. The largest absolute Gasteiger partial charge is 0.504 e. The third-order valence-corrected chi connectivity index (χ3v) is 3.64. The summed E-state index contributed by atoms with van der Waals surface area (Å²) in [5.41, 5.74) is 1.98. The van der Waals surface area contributed by atoms with E-state index in [1.54, 1.807) is 6.07 Å². The van der Waals surface area contributed by atoms with Crippen LogP contribution in [0.1, 0.15) is 29.9 Å². The minimum absolute atomic E-state index is 0.193. The fourth-order valence-corrected chi connectivity index (χ4v) is 2.28. The molecule has 0 bridgehead atoms.